The fourth-order valence-corrected chi connectivity index (χ4v) is 1.22. The number of anilines is 1. The van der Waals surface area contributed by atoms with Crippen molar-refractivity contribution in [1.29, 1.82) is 0 Å². The Morgan fingerprint density at radius 1 is 1.56 bits per heavy atom. The third kappa shape index (κ3) is 2.17. The van der Waals surface area contributed by atoms with Crippen LogP contribution >= 0.6 is 11.6 Å². The van der Waals surface area contributed by atoms with Gasteiger partial charge in [0.1, 0.15) is 16.5 Å². The minimum absolute atomic E-state index is 0.137. The minimum Gasteiger partial charge on any atom is -0.361 e. The quantitative estimate of drug-likeness (QED) is 0.805. The number of nitrogens with one attached hydrogen (secondary N) is 1. The molecule has 2 aromatic heterocycles. The maximum absolute atomic E-state index is 11.7. The van der Waals surface area contributed by atoms with Crippen LogP contribution < -0.4 is 5.32 Å². The molecule has 6 nitrogen and oxygen atoms in total. The van der Waals surface area contributed by atoms with Crippen molar-refractivity contribution in [2.24, 2.45) is 0 Å². The number of rotatable bonds is 2. The average Bonchev–Trinajstić information content (AvgIpc) is 2.64. The molecule has 0 radical (unpaired) electrons. The third-order valence-electron chi connectivity index (χ3n) is 1.84. The highest BCUT2D eigenvalue weighted by Gasteiger charge is 2.13. The summed E-state index contributed by atoms with van der Waals surface area (Å²) in [5.74, 6) is 0.179. The summed E-state index contributed by atoms with van der Waals surface area (Å²) >= 11 is 5.65. The van der Waals surface area contributed by atoms with E-state index in [-0.39, 0.29) is 17.0 Å². The number of hydrogen-bond acceptors (Lipinski definition) is 5. The summed E-state index contributed by atoms with van der Waals surface area (Å²) in [5.41, 5.74) is 0.337. The van der Waals surface area contributed by atoms with Crippen molar-refractivity contribution in [1.82, 2.24) is 15.1 Å². The van der Waals surface area contributed by atoms with E-state index < -0.39 is 0 Å². The zero-order chi connectivity index (χ0) is 11.5. The first-order chi connectivity index (χ1) is 7.66. The predicted octanol–water partition coefficient (Wildman–Crippen LogP) is 1.68. The molecule has 0 aromatic carbocycles. The number of aryl methyl sites for hydroxylation is 1. The lowest BCUT2D eigenvalue weighted by Gasteiger charge is -2.01. The Balaban J connectivity index is 2.17. The van der Waals surface area contributed by atoms with Crippen molar-refractivity contribution in [2.75, 3.05) is 5.32 Å². The lowest BCUT2D eigenvalue weighted by atomic mass is 10.2. The van der Waals surface area contributed by atoms with Crippen LogP contribution in [-0.4, -0.2) is 21.0 Å². The Hall–Kier alpha value is -1.95. The van der Waals surface area contributed by atoms with Gasteiger partial charge in [-0.15, -0.1) is 0 Å². The number of carbonyl (C=O) groups is 1. The van der Waals surface area contributed by atoms with Gasteiger partial charge in [-0.2, -0.15) is 0 Å². The molecule has 1 amide bonds. The second-order valence-electron chi connectivity index (χ2n) is 2.95. The van der Waals surface area contributed by atoms with Crippen LogP contribution in [0.5, 0.6) is 0 Å². The van der Waals surface area contributed by atoms with E-state index in [1.54, 1.807) is 6.92 Å². The van der Waals surface area contributed by atoms with Crippen LogP contribution in [0.3, 0.4) is 0 Å². The monoisotopic (exact) mass is 238 g/mol. The Labute approximate surface area is 95.6 Å². The van der Waals surface area contributed by atoms with Crippen molar-refractivity contribution in [3.8, 4) is 0 Å². The van der Waals surface area contributed by atoms with E-state index in [0.717, 1.165) is 0 Å². The standard InChI is InChI=1S/C9H7ClN4O2/c1-5-6(4-12-16-5)8(15)14-9-11-3-2-7(10)13-9/h2-4H,1H3,(H,11,13,14,15). The zero-order valence-corrected chi connectivity index (χ0v) is 9.02. The molecule has 2 aromatic rings. The van der Waals surface area contributed by atoms with Gasteiger partial charge in [0.25, 0.3) is 5.91 Å². The molecule has 0 saturated carbocycles. The summed E-state index contributed by atoms with van der Waals surface area (Å²) in [6.45, 7) is 1.64. The number of nitrogens with zero attached hydrogens (tertiary/aromatic N) is 3. The van der Waals surface area contributed by atoms with Crippen LogP contribution in [0.25, 0.3) is 0 Å². The van der Waals surface area contributed by atoms with E-state index in [9.17, 15) is 4.79 Å². The van der Waals surface area contributed by atoms with E-state index in [4.69, 9.17) is 16.1 Å². The van der Waals surface area contributed by atoms with Crippen molar-refractivity contribution >= 4 is 23.5 Å². The van der Waals surface area contributed by atoms with Crippen molar-refractivity contribution in [2.45, 2.75) is 6.92 Å². The normalized spacial score (nSPS) is 10.1. The highest BCUT2D eigenvalue weighted by Crippen LogP contribution is 2.10. The molecule has 82 valence electrons. The molecule has 0 bridgehead atoms. The molecular formula is C9H7ClN4O2. The van der Waals surface area contributed by atoms with Gasteiger partial charge in [-0.1, -0.05) is 16.8 Å². The van der Waals surface area contributed by atoms with Crippen LogP contribution in [0, 0.1) is 6.92 Å². The molecular weight excluding hydrogens is 232 g/mol. The van der Waals surface area contributed by atoms with Gasteiger partial charge < -0.3 is 4.52 Å². The molecule has 0 spiro atoms. The smallest absolute Gasteiger partial charge is 0.263 e. The molecule has 0 aliphatic heterocycles. The molecule has 0 aliphatic carbocycles. The van der Waals surface area contributed by atoms with Gasteiger partial charge in [0.2, 0.25) is 5.95 Å². The maximum Gasteiger partial charge on any atom is 0.263 e. The van der Waals surface area contributed by atoms with Gasteiger partial charge in [0.05, 0.1) is 6.20 Å². The largest absolute Gasteiger partial charge is 0.361 e. The first-order valence-corrected chi connectivity index (χ1v) is 4.76. The molecule has 0 atom stereocenters. The molecule has 0 unspecified atom stereocenters. The van der Waals surface area contributed by atoms with E-state index in [1.807, 2.05) is 0 Å². The van der Waals surface area contributed by atoms with E-state index in [1.165, 1.54) is 18.5 Å². The van der Waals surface area contributed by atoms with Gasteiger partial charge in [-0.3, -0.25) is 10.1 Å². The lowest BCUT2D eigenvalue weighted by molar-refractivity contribution is 0.102. The number of halogens is 1. The molecule has 2 heterocycles. The summed E-state index contributed by atoms with van der Waals surface area (Å²) in [7, 11) is 0. The van der Waals surface area contributed by atoms with Crippen molar-refractivity contribution in [3.05, 3.63) is 34.9 Å². The van der Waals surface area contributed by atoms with Gasteiger partial charge in [-0.05, 0) is 13.0 Å². The predicted molar refractivity (Wildman–Crippen MR) is 56.2 cm³/mol. The average molecular weight is 239 g/mol. The molecule has 0 aliphatic rings. The highest BCUT2D eigenvalue weighted by atomic mass is 35.5. The Morgan fingerprint density at radius 2 is 2.38 bits per heavy atom. The summed E-state index contributed by atoms with van der Waals surface area (Å²) in [4.78, 5) is 19.3. The number of carbonyl (C=O) groups excluding carboxylic acids is 1. The van der Waals surface area contributed by atoms with Crippen LogP contribution in [-0.2, 0) is 0 Å². The Morgan fingerprint density at radius 3 is 3.00 bits per heavy atom. The van der Waals surface area contributed by atoms with Crippen molar-refractivity contribution < 1.29 is 9.32 Å². The summed E-state index contributed by atoms with van der Waals surface area (Å²) in [5, 5.41) is 6.24. The van der Waals surface area contributed by atoms with Crippen LogP contribution in [0.1, 0.15) is 16.1 Å². The zero-order valence-electron chi connectivity index (χ0n) is 8.27. The molecule has 0 saturated heterocycles. The van der Waals surface area contributed by atoms with Gasteiger partial charge in [0, 0.05) is 6.20 Å². The first kappa shape index (κ1) is 10.6. The third-order valence-corrected chi connectivity index (χ3v) is 2.05. The molecule has 0 fully saturated rings. The molecule has 7 heteroatoms. The van der Waals surface area contributed by atoms with Crippen LogP contribution in [0.15, 0.2) is 23.0 Å². The number of aromatic nitrogens is 3. The van der Waals surface area contributed by atoms with E-state index in [2.05, 4.69) is 20.4 Å². The Bertz CT molecular complexity index is 526. The van der Waals surface area contributed by atoms with Gasteiger partial charge >= 0.3 is 0 Å². The van der Waals surface area contributed by atoms with Crippen molar-refractivity contribution in [3.63, 3.8) is 0 Å². The van der Waals surface area contributed by atoms with E-state index >= 15 is 0 Å². The second kappa shape index (κ2) is 4.28. The lowest BCUT2D eigenvalue weighted by Crippen LogP contribution is -2.14. The minimum atomic E-state index is -0.388. The van der Waals surface area contributed by atoms with Crippen LogP contribution in [0.4, 0.5) is 5.95 Å². The van der Waals surface area contributed by atoms with Gasteiger partial charge in [0.15, 0.2) is 0 Å². The van der Waals surface area contributed by atoms with Gasteiger partial charge in [-0.25, -0.2) is 9.97 Å². The van der Waals surface area contributed by atoms with Crippen LogP contribution in [0.2, 0.25) is 5.15 Å². The highest BCUT2D eigenvalue weighted by molar-refractivity contribution is 6.29. The second-order valence-corrected chi connectivity index (χ2v) is 3.34. The van der Waals surface area contributed by atoms with E-state index in [0.29, 0.717) is 11.3 Å². The molecule has 16 heavy (non-hydrogen) atoms. The maximum atomic E-state index is 11.7. The first-order valence-electron chi connectivity index (χ1n) is 4.38. The topological polar surface area (TPSA) is 80.9 Å². The molecule has 1 N–H and O–H groups in total. The number of hydrogen-bond donors (Lipinski definition) is 1. The summed E-state index contributed by atoms with van der Waals surface area (Å²) in [6, 6.07) is 1.52. The fourth-order valence-electron chi connectivity index (χ4n) is 1.08. The summed E-state index contributed by atoms with van der Waals surface area (Å²) in [6.07, 6.45) is 2.78. The number of amides is 1. The Kier molecular flexibility index (Phi) is 2.82. The SMILES string of the molecule is Cc1oncc1C(=O)Nc1nccc(Cl)n1. The fraction of sp³-hybridized carbons (Fsp3) is 0.111. The summed E-state index contributed by atoms with van der Waals surface area (Å²) < 4.78 is 4.77. The molecule has 2 rings (SSSR count).